The van der Waals surface area contributed by atoms with Crippen molar-refractivity contribution < 1.29 is 0 Å². The van der Waals surface area contributed by atoms with Crippen LogP contribution in [0.1, 0.15) is 203 Å². The fourth-order valence-corrected chi connectivity index (χ4v) is 12.3. The van der Waals surface area contributed by atoms with Crippen molar-refractivity contribution in [1.29, 1.82) is 0 Å². The fourth-order valence-electron chi connectivity index (χ4n) is 10.0. The zero-order valence-corrected chi connectivity index (χ0v) is 37.1. The van der Waals surface area contributed by atoms with E-state index in [4.69, 9.17) is 15.9 Å². The molecule has 0 unspecified atom stereocenters. The van der Waals surface area contributed by atoms with Crippen molar-refractivity contribution in [3.05, 3.63) is 58.7 Å². The maximum atomic E-state index is 5.12. The van der Waals surface area contributed by atoms with Crippen LogP contribution in [-0.4, -0.2) is 45.8 Å². The number of benzene rings is 3. The van der Waals surface area contributed by atoms with Crippen LogP contribution in [0, 0.1) is 0 Å². The Kier molecular flexibility index (Phi) is 15.1. The molecule has 0 atom stereocenters. The molecule has 54 heavy (non-hydrogen) atoms. The second-order valence-corrected chi connectivity index (χ2v) is 19.2. The van der Waals surface area contributed by atoms with E-state index in [9.17, 15) is 0 Å². The normalized spacial score (nSPS) is 13.9. The Morgan fingerprint density at radius 2 is 0.907 bits per heavy atom. The molecule has 0 bridgehead atoms. The van der Waals surface area contributed by atoms with Crippen molar-refractivity contribution in [3.63, 3.8) is 0 Å². The number of rotatable bonds is 26. The summed E-state index contributed by atoms with van der Waals surface area (Å²) in [6.07, 6.45) is 37.0. The van der Waals surface area contributed by atoms with Crippen molar-refractivity contribution in [3.8, 4) is 22.3 Å². The van der Waals surface area contributed by atoms with E-state index in [1.807, 2.05) is 0 Å². The Labute approximate surface area is 339 Å². The predicted molar refractivity (Wildman–Crippen MR) is 232 cm³/mol. The molecule has 0 aliphatic heterocycles. The van der Waals surface area contributed by atoms with E-state index in [0.717, 1.165) is 23.0 Å². The summed E-state index contributed by atoms with van der Waals surface area (Å²) in [4.78, 5) is 0. The molecule has 0 N–H and O–H groups in total. The topological polar surface area (TPSA) is 51.6 Å². The van der Waals surface area contributed by atoms with Crippen LogP contribution >= 0.6 is 0 Å². The maximum absolute atomic E-state index is 5.12. The van der Waals surface area contributed by atoms with Crippen LogP contribution in [0.3, 0.4) is 0 Å². The van der Waals surface area contributed by atoms with Gasteiger partial charge in [-0.2, -0.15) is 0 Å². The Bertz CT molecular complexity index is 1890. The summed E-state index contributed by atoms with van der Waals surface area (Å²) in [7, 11) is 0. The van der Waals surface area contributed by atoms with Gasteiger partial charge < -0.3 is 0 Å². The molecule has 0 spiro atoms. The molecule has 7 rings (SSSR count). The van der Waals surface area contributed by atoms with Crippen LogP contribution in [0.25, 0.3) is 44.3 Å². The summed E-state index contributed by atoms with van der Waals surface area (Å²) >= 11 is -0.0539. The first-order valence-electron chi connectivity index (χ1n) is 22.4. The molecule has 2 aliphatic carbocycles. The van der Waals surface area contributed by atoms with Gasteiger partial charge in [-0.15, -0.1) is 0 Å². The number of nitrogens with zero attached hydrogens (tertiary/aromatic N) is 4. The second-order valence-electron chi connectivity index (χ2n) is 16.9. The molecule has 6 heteroatoms. The average molecular weight is 857 g/mol. The van der Waals surface area contributed by atoms with Gasteiger partial charge >= 0.3 is 251 Å². The molecule has 3 aromatic carbocycles. The molecule has 2 heterocycles. The molecular formula is C48H66N4Se2. The van der Waals surface area contributed by atoms with E-state index in [1.54, 1.807) is 11.1 Å². The third-order valence-corrected chi connectivity index (χ3v) is 15.3. The molecule has 2 aromatic heterocycles. The second kappa shape index (κ2) is 20.4. The van der Waals surface area contributed by atoms with Gasteiger partial charge in [0.2, 0.25) is 0 Å². The number of unbranched alkanes of at least 4 members (excludes halogenated alkanes) is 22. The minimum atomic E-state index is -0.0336. The van der Waals surface area contributed by atoms with Crippen molar-refractivity contribution in [2.45, 2.75) is 193 Å². The van der Waals surface area contributed by atoms with Gasteiger partial charge in [-0.05, 0) is 0 Å². The van der Waals surface area contributed by atoms with Crippen LogP contribution in [-0.2, 0) is 11.8 Å². The molecule has 290 valence electrons. The van der Waals surface area contributed by atoms with Gasteiger partial charge in [-0.25, -0.2) is 0 Å². The third-order valence-electron chi connectivity index (χ3n) is 13.1. The van der Waals surface area contributed by atoms with E-state index < -0.39 is 0 Å². The molecule has 0 fully saturated rings. The van der Waals surface area contributed by atoms with Crippen molar-refractivity contribution >= 4 is 52.0 Å². The molecular weight excluding hydrogens is 790 g/mol. The summed E-state index contributed by atoms with van der Waals surface area (Å²) in [5, 5.41) is 0. The first kappa shape index (κ1) is 40.1. The van der Waals surface area contributed by atoms with E-state index in [2.05, 4.69) is 50.2 Å². The fraction of sp³-hybridized carbons (Fsp3) is 0.625. The SMILES string of the molecule is CCCCCCCCCCCCCCC1(CCCCCCCCCCCCCC)c2cc3c(cc2-c2c1ccc1n[se]nc21)Cc1ccc2n[se]nc2c1-3. The molecule has 0 radical (unpaired) electrons. The van der Waals surface area contributed by atoms with Gasteiger partial charge in [0.15, 0.2) is 0 Å². The molecule has 4 nitrogen and oxygen atoms in total. The van der Waals surface area contributed by atoms with Gasteiger partial charge in [0.25, 0.3) is 0 Å². The summed E-state index contributed by atoms with van der Waals surface area (Å²) in [5.74, 6) is 0. The molecule has 0 saturated carbocycles. The average Bonchev–Trinajstić information content (AvgIpc) is 3.99. The van der Waals surface area contributed by atoms with Crippen molar-refractivity contribution in [2.24, 2.45) is 0 Å². The zero-order valence-electron chi connectivity index (χ0n) is 33.7. The number of hydrogen-bond acceptors (Lipinski definition) is 4. The van der Waals surface area contributed by atoms with Crippen LogP contribution < -0.4 is 0 Å². The molecule has 2 aliphatic rings. The molecule has 0 amide bonds. The number of hydrogen-bond donors (Lipinski definition) is 0. The van der Waals surface area contributed by atoms with Crippen LogP contribution in [0.5, 0.6) is 0 Å². The number of aromatic nitrogens is 4. The van der Waals surface area contributed by atoms with E-state index in [-0.39, 0.29) is 35.3 Å². The Morgan fingerprint density at radius 1 is 0.444 bits per heavy atom. The Hall–Kier alpha value is -2.10. The van der Waals surface area contributed by atoms with Crippen LogP contribution in [0.15, 0.2) is 36.4 Å². The summed E-state index contributed by atoms with van der Waals surface area (Å²) in [6.45, 7) is 4.63. The third kappa shape index (κ3) is 9.20. The van der Waals surface area contributed by atoms with E-state index in [0.29, 0.717) is 0 Å². The first-order chi connectivity index (χ1) is 26.7. The summed E-state index contributed by atoms with van der Waals surface area (Å²) in [5.41, 5.74) is 16.3. The first-order valence-corrected chi connectivity index (χ1v) is 25.5. The zero-order chi connectivity index (χ0) is 37.0. The van der Waals surface area contributed by atoms with Crippen LogP contribution in [0.2, 0.25) is 0 Å². The number of fused-ring (bicyclic) bond motifs is 10. The van der Waals surface area contributed by atoms with Gasteiger partial charge in [-0.3, -0.25) is 0 Å². The van der Waals surface area contributed by atoms with Crippen molar-refractivity contribution in [1.82, 2.24) is 15.9 Å². The Morgan fingerprint density at radius 3 is 1.43 bits per heavy atom. The minimum absolute atomic E-state index is 0.0203. The quantitative estimate of drug-likeness (QED) is 0.0403. The van der Waals surface area contributed by atoms with Gasteiger partial charge in [-0.1, -0.05) is 90.9 Å². The molecule has 0 saturated heterocycles. The predicted octanol–water partition coefficient (Wildman–Crippen LogP) is 13.7. The summed E-state index contributed by atoms with van der Waals surface area (Å²) < 4.78 is 19.8. The van der Waals surface area contributed by atoms with E-state index >= 15 is 0 Å². The standard InChI is InChI=1S/C48H66N4Se2/c1-3-5-7-9-11-13-15-17-19-21-23-25-31-48(32-26-24-22-20-18-16-14-12-10-8-6-4-2)40-28-30-43-47(52-54-50-43)45(40)39-34-37-33-36-27-29-42-46(51-53-49-42)44(36)38(37)35-41(39)48/h27-30,34-35H,3-26,31-33H2,1-2H3. The van der Waals surface area contributed by atoms with Gasteiger partial charge in [0.1, 0.15) is 0 Å². The monoisotopic (exact) mass is 858 g/mol. The van der Waals surface area contributed by atoms with E-state index in [1.165, 1.54) is 206 Å². The van der Waals surface area contributed by atoms with Gasteiger partial charge in [0, 0.05) is 0 Å². The van der Waals surface area contributed by atoms with Crippen LogP contribution in [0.4, 0.5) is 0 Å². The Balaban J connectivity index is 1.08. The summed E-state index contributed by atoms with van der Waals surface area (Å²) in [6, 6.07) is 14.6. The molecule has 5 aromatic rings. The van der Waals surface area contributed by atoms with Gasteiger partial charge in [0.05, 0.1) is 0 Å². The van der Waals surface area contributed by atoms with Crippen molar-refractivity contribution in [2.75, 3.05) is 0 Å².